The Kier molecular flexibility index (Phi) is 5.03. The first kappa shape index (κ1) is 16.7. The second-order valence-electron chi connectivity index (χ2n) is 5.61. The molecule has 0 fully saturated rings. The van der Waals surface area contributed by atoms with Crippen LogP contribution in [0.2, 0.25) is 0 Å². The zero-order valence-electron chi connectivity index (χ0n) is 13.4. The Morgan fingerprint density at radius 2 is 1.82 bits per heavy atom. The Labute approximate surface area is 131 Å². The highest BCUT2D eigenvalue weighted by Gasteiger charge is 2.15. The Morgan fingerprint density at radius 3 is 2.32 bits per heavy atom. The summed E-state index contributed by atoms with van der Waals surface area (Å²) in [6.07, 6.45) is 0.482. The highest BCUT2D eigenvalue weighted by atomic mass is 32.2. The average molecular weight is 322 g/mol. The fourth-order valence-corrected chi connectivity index (χ4v) is 3.25. The number of benzene rings is 1. The van der Waals surface area contributed by atoms with Gasteiger partial charge < -0.3 is 4.42 Å². The van der Waals surface area contributed by atoms with E-state index in [1.165, 1.54) is 0 Å². The summed E-state index contributed by atoms with van der Waals surface area (Å²) >= 11 is 0. The first-order valence-corrected chi connectivity index (χ1v) is 8.80. The summed E-state index contributed by atoms with van der Waals surface area (Å²) in [6.45, 7) is 8.05. The van der Waals surface area contributed by atoms with Crippen molar-refractivity contribution < 1.29 is 12.8 Å². The summed E-state index contributed by atoms with van der Waals surface area (Å²) in [6, 6.07) is 6.98. The summed E-state index contributed by atoms with van der Waals surface area (Å²) in [7, 11) is -3.49. The molecule has 1 N–H and O–H groups in total. The maximum absolute atomic E-state index is 12.2. The van der Waals surface area contributed by atoms with E-state index in [4.69, 9.17) is 4.42 Å². The van der Waals surface area contributed by atoms with E-state index < -0.39 is 10.0 Å². The first-order valence-electron chi connectivity index (χ1n) is 7.32. The van der Waals surface area contributed by atoms with Crippen LogP contribution in [-0.4, -0.2) is 19.9 Å². The van der Waals surface area contributed by atoms with Crippen molar-refractivity contribution in [2.75, 3.05) is 6.54 Å². The number of sulfonamides is 1. The predicted molar refractivity (Wildman–Crippen MR) is 85.4 cm³/mol. The van der Waals surface area contributed by atoms with Crippen LogP contribution in [0.5, 0.6) is 0 Å². The van der Waals surface area contributed by atoms with E-state index in [-0.39, 0.29) is 11.4 Å². The molecule has 0 unspecified atom stereocenters. The zero-order valence-corrected chi connectivity index (χ0v) is 14.2. The molecule has 0 amide bonds. The zero-order chi connectivity index (χ0) is 16.3. The van der Waals surface area contributed by atoms with Gasteiger partial charge in [0.15, 0.2) is 5.89 Å². The quantitative estimate of drug-likeness (QED) is 0.887. The van der Waals surface area contributed by atoms with Crippen molar-refractivity contribution in [3.8, 4) is 0 Å². The van der Waals surface area contributed by atoms with Crippen molar-refractivity contribution in [1.82, 2.24) is 9.71 Å². The minimum atomic E-state index is -3.49. The van der Waals surface area contributed by atoms with Crippen molar-refractivity contribution in [3.05, 3.63) is 47.2 Å². The minimum absolute atomic E-state index is 0.280. The molecule has 0 aliphatic carbocycles. The lowest BCUT2D eigenvalue weighted by molar-refractivity contribution is 0.472. The molecule has 0 atom stereocenters. The summed E-state index contributed by atoms with van der Waals surface area (Å²) < 4.78 is 32.5. The van der Waals surface area contributed by atoms with Crippen LogP contribution >= 0.6 is 0 Å². The highest BCUT2D eigenvalue weighted by Crippen LogP contribution is 2.17. The molecule has 22 heavy (non-hydrogen) atoms. The van der Waals surface area contributed by atoms with Gasteiger partial charge in [0.25, 0.3) is 0 Å². The summed E-state index contributed by atoms with van der Waals surface area (Å²) in [4.78, 5) is 4.45. The normalized spacial score (nSPS) is 12.0. The van der Waals surface area contributed by atoms with Gasteiger partial charge in [-0.3, -0.25) is 0 Å². The lowest BCUT2D eigenvalue weighted by Gasteiger charge is -2.09. The number of aryl methyl sites for hydroxylation is 2. The molecule has 6 heteroatoms. The molecular formula is C16H22N2O3S. The van der Waals surface area contributed by atoms with Gasteiger partial charge in [-0.25, -0.2) is 18.1 Å². The van der Waals surface area contributed by atoms with E-state index in [1.54, 1.807) is 19.1 Å². The van der Waals surface area contributed by atoms with Crippen LogP contribution < -0.4 is 4.72 Å². The number of nitrogens with zero attached hydrogens (tertiary/aromatic N) is 1. The Balaban J connectivity index is 2.00. The first-order chi connectivity index (χ1) is 10.3. The lowest BCUT2D eigenvalue weighted by atomic mass is 10.0. The van der Waals surface area contributed by atoms with Gasteiger partial charge in [-0.2, -0.15) is 0 Å². The number of rotatable bonds is 6. The number of oxazole rings is 1. The fraction of sp³-hybridized carbons (Fsp3) is 0.438. The van der Waals surface area contributed by atoms with Crippen molar-refractivity contribution >= 4 is 10.0 Å². The maximum atomic E-state index is 12.2. The molecule has 0 saturated heterocycles. The molecule has 120 valence electrons. The largest absolute Gasteiger partial charge is 0.446 e. The molecule has 2 rings (SSSR count). The van der Waals surface area contributed by atoms with Gasteiger partial charge in [0, 0.05) is 19.9 Å². The molecule has 0 bridgehead atoms. The second kappa shape index (κ2) is 6.62. The molecule has 0 radical (unpaired) electrons. The molecule has 1 aromatic carbocycles. The summed E-state index contributed by atoms with van der Waals surface area (Å²) in [5, 5.41) is 0. The van der Waals surface area contributed by atoms with Gasteiger partial charge in [0.1, 0.15) is 5.76 Å². The Morgan fingerprint density at radius 1 is 1.18 bits per heavy atom. The monoisotopic (exact) mass is 322 g/mol. The summed E-state index contributed by atoms with van der Waals surface area (Å²) in [5.74, 6) is 1.69. The van der Waals surface area contributed by atoms with Crippen LogP contribution in [0.4, 0.5) is 0 Å². The minimum Gasteiger partial charge on any atom is -0.446 e. The topological polar surface area (TPSA) is 72.2 Å². The predicted octanol–water partition coefficient (Wildman–Crippen LogP) is 2.94. The van der Waals surface area contributed by atoms with Gasteiger partial charge in [-0.15, -0.1) is 0 Å². The third-order valence-corrected chi connectivity index (χ3v) is 4.98. The second-order valence-corrected chi connectivity index (χ2v) is 7.38. The fourth-order valence-electron chi connectivity index (χ4n) is 2.22. The molecule has 0 aliphatic rings. The number of aromatic nitrogens is 1. The lowest BCUT2D eigenvalue weighted by Crippen LogP contribution is -2.26. The van der Waals surface area contributed by atoms with Crippen LogP contribution in [0.3, 0.4) is 0 Å². The van der Waals surface area contributed by atoms with Crippen molar-refractivity contribution in [2.24, 2.45) is 0 Å². The van der Waals surface area contributed by atoms with Crippen molar-refractivity contribution in [2.45, 2.75) is 44.9 Å². The molecule has 0 aliphatic heterocycles. The number of nitrogens with one attached hydrogen (secondary N) is 1. The van der Waals surface area contributed by atoms with Gasteiger partial charge in [0.2, 0.25) is 10.0 Å². The van der Waals surface area contributed by atoms with E-state index in [0.29, 0.717) is 18.2 Å². The molecule has 1 aromatic heterocycles. The Hall–Kier alpha value is -1.66. The molecular weight excluding hydrogens is 300 g/mol. The third-order valence-electron chi connectivity index (χ3n) is 3.50. The van der Waals surface area contributed by atoms with E-state index in [2.05, 4.69) is 23.6 Å². The van der Waals surface area contributed by atoms with Gasteiger partial charge in [-0.1, -0.05) is 26.0 Å². The maximum Gasteiger partial charge on any atom is 0.240 e. The Bertz CT molecular complexity index is 731. The van der Waals surface area contributed by atoms with Crippen LogP contribution in [0, 0.1) is 13.8 Å². The van der Waals surface area contributed by atoms with Gasteiger partial charge >= 0.3 is 0 Å². The molecule has 1 heterocycles. The van der Waals surface area contributed by atoms with E-state index in [9.17, 15) is 8.42 Å². The molecule has 0 spiro atoms. The number of hydrogen-bond donors (Lipinski definition) is 1. The van der Waals surface area contributed by atoms with E-state index in [1.807, 2.05) is 19.1 Å². The smallest absolute Gasteiger partial charge is 0.240 e. The standard InChI is InChI=1S/C16H22N2O3S/c1-11(2)14-5-7-15(8-6-14)22(19,20)17-10-9-16-12(3)18-13(4)21-16/h5-8,11,17H,9-10H2,1-4H3. The highest BCUT2D eigenvalue weighted by molar-refractivity contribution is 7.89. The SMILES string of the molecule is Cc1nc(C)c(CCNS(=O)(=O)c2ccc(C(C)C)cc2)o1. The van der Waals surface area contributed by atoms with Crippen LogP contribution in [0.25, 0.3) is 0 Å². The van der Waals surface area contributed by atoms with E-state index in [0.717, 1.165) is 17.0 Å². The van der Waals surface area contributed by atoms with Crippen molar-refractivity contribution in [1.29, 1.82) is 0 Å². The van der Waals surface area contributed by atoms with Crippen LogP contribution in [-0.2, 0) is 16.4 Å². The van der Waals surface area contributed by atoms with Crippen LogP contribution in [0.1, 0.15) is 42.7 Å². The number of hydrogen-bond acceptors (Lipinski definition) is 4. The van der Waals surface area contributed by atoms with E-state index >= 15 is 0 Å². The average Bonchev–Trinajstić information content (AvgIpc) is 2.77. The molecule has 0 saturated carbocycles. The van der Waals surface area contributed by atoms with Gasteiger partial charge in [-0.05, 0) is 30.5 Å². The van der Waals surface area contributed by atoms with Gasteiger partial charge in [0.05, 0.1) is 10.6 Å². The van der Waals surface area contributed by atoms with Crippen molar-refractivity contribution in [3.63, 3.8) is 0 Å². The molecule has 5 nitrogen and oxygen atoms in total. The van der Waals surface area contributed by atoms with Crippen LogP contribution in [0.15, 0.2) is 33.6 Å². The molecule has 2 aromatic rings. The summed E-state index contributed by atoms with van der Waals surface area (Å²) in [5.41, 5.74) is 1.92. The third kappa shape index (κ3) is 3.96.